The number of hydrogen-bond donors (Lipinski definition) is 2. The van der Waals surface area contributed by atoms with E-state index in [-0.39, 0.29) is 36.1 Å². The summed E-state index contributed by atoms with van der Waals surface area (Å²) in [6.45, 7) is 4.53. The summed E-state index contributed by atoms with van der Waals surface area (Å²) < 4.78 is 3.80. The van der Waals surface area contributed by atoms with Crippen molar-refractivity contribution in [2.45, 2.75) is 25.8 Å². The summed E-state index contributed by atoms with van der Waals surface area (Å²) in [5, 5.41) is 13.5. The summed E-state index contributed by atoms with van der Waals surface area (Å²) >= 11 is 0. The zero-order valence-corrected chi connectivity index (χ0v) is 17.7. The van der Waals surface area contributed by atoms with Crippen molar-refractivity contribution in [2.75, 3.05) is 13.1 Å². The molecule has 1 aromatic carbocycles. The van der Waals surface area contributed by atoms with Crippen molar-refractivity contribution in [1.82, 2.24) is 19.4 Å². The molecule has 0 spiro atoms. The second-order valence-electron chi connectivity index (χ2n) is 7.64. The Morgan fingerprint density at radius 1 is 1.17 bits per heavy atom. The van der Waals surface area contributed by atoms with Crippen molar-refractivity contribution in [1.29, 1.82) is 0 Å². The molecule has 1 saturated heterocycles. The van der Waals surface area contributed by atoms with Crippen molar-refractivity contribution in [3.8, 4) is 22.8 Å². The van der Waals surface area contributed by atoms with Crippen LogP contribution < -0.4 is 10.9 Å². The number of aryl methyl sites for hydroxylation is 1. The van der Waals surface area contributed by atoms with Crippen LogP contribution in [0.25, 0.3) is 17.1 Å². The summed E-state index contributed by atoms with van der Waals surface area (Å²) in [5.74, 6) is 1.76. The molecule has 1 fully saturated rings. The number of phenolic OH excluding ortho intramolecular Hbond substituents is 1. The first-order valence-electron chi connectivity index (χ1n) is 9.40. The standard InChI is InChI=1S/C21H22N4O2.2ClH/c1-13-2-3-16(9-19(13)26)24-7-6-23-20(24)17-4-5-18-15-8-14(10-22-11-15)12-25(18)21(17)27;;/h2-7,9,14-15,22,26H,8,10-12H2,1H3;2*1H/t14-,15+;;/m0../s1. The molecule has 2 bridgehead atoms. The van der Waals surface area contributed by atoms with E-state index in [1.54, 1.807) is 12.3 Å². The fraction of sp³-hybridized carbons (Fsp3) is 0.333. The van der Waals surface area contributed by atoms with E-state index >= 15 is 0 Å². The fourth-order valence-corrected chi connectivity index (χ4v) is 4.42. The van der Waals surface area contributed by atoms with Gasteiger partial charge in [-0.2, -0.15) is 0 Å². The van der Waals surface area contributed by atoms with Crippen LogP contribution in [0.4, 0.5) is 0 Å². The van der Waals surface area contributed by atoms with Crippen LogP contribution >= 0.6 is 24.8 Å². The predicted octanol–water partition coefficient (Wildman–Crippen LogP) is 3.27. The number of aromatic hydroxyl groups is 1. The SMILES string of the molecule is Cc1ccc(-n2ccnc2-c2ccc3n(c2=O)C[C@@H]2CNC[C@H]3C2)cc1O.Cl.Cl. The minimum Gasteiger partial charge on any atom is -0.508 e. The molecular formula is C21H24Cl2N4O2. The molecule has 0 aliphatic carbocycles. The number of phenols is 1. The highest BCUT2D eigenvalue weighted by molar-refractivity contribution is 5.85. The Morgan fingerprint density at radius 2 is 2.00 bits per heavy atom. The quantitative estimate of drug-likeness (QED) is 0.648. The maximum Gasteiger partial charge on any atom is 0.261 e. The number of nitrogens with one attached hydrogen (secondary N) is 1. The van der Waals surface area contributed by atoms with E-state index < -0.39 is 0 Å². The van der Waals surface area contributed by atoms with E-state index in [4.69, 9.17) is 0 Å². The van der Waals surface area contributed by atoms with Gasteiger partial charge in [0.05, 0.1) is 11.3 Å². The van der Waals surface area contributed by atoms with Gasteiger partial charge in [0, 0.05) is 43.2 Å². The second-order valence-corrected chi connectivity index (χ2v) is 7.64. The van der Waals surface area contributed by atoms with E-state index in [1.807, 2.05) is 40.5 Å². The molecule has 4 heterocycles. The van der Waals surface area contributed by atoms with Crippen LogP contribution in [0, 0.1) is 12.8 Å². The van der Waals surface area contributed by atoms with Gasteiger partial charge in [-0.3, -0.25) is 9.36 Å². The number of fused-ring (bicyclic) bond motifs is 4. The fourth-order valence-electron chi connectivity index (χ4n) is 4.42. The Kier molecular flexibility index (Phi) is 6.08. The van der Waals surface area contributed by atoms with E-state index in [0.717, 1.165) is 43.0 Å². The molecule has 0 radical (unpaired) electrons. The van der Waals surface area contributed by atoms with Gasteiger partial charge in [0.25, 0.3) is 5.56 Å². The first-order chi connectivity index (χ1) is 13.1. The predicted molar refractivity (Wildman–Crippen MR) is 118 cm³/mol. The van der Waals surface area contributed by atoms with Crippen molar-refractivity contribution in [3.05, 3.63) is 64.3 Å². The number of imidazole rings is 1. The molecule has 154 valence electrons. The summed E-state index contributed by atoms with van der Waals surface area (Å²) in [7, 11) is 0. The number of benzene rings is 1. The lowest BCUT2D eigenvalue weighted by Crippen LogP contribution is -2.45. The molecule has 2 aliphatic heterocycles. The molecule has 6 nitrogen and oxygen atoms in total. The lowest BCUT2D eigenvalue weighted by atomic mass is 9.84. The summed E-state index contributed by atoms with van der Waals surface area (Å²) in [6, 6.07) is 9.47. The Bertz CT molecular complexity index is 1090. The number of halogens is 2. The maximum absolute atomic E-state index is 13.3. The highest BCUT2D eigenvalue weighted by Gasteiger charge is 2.31. The van der Waals surface area contributed by atoms with Crippen molar-refractivity contribution < 1.29 is 5.11 Å². The number of aromatic nitrogens is 3. The van der Waals surface area contributed by atoms with Crippen LogP contribution in [0.15, 0.2) is 47.5 Å². The molecule has 0 unspecified atom stereocenters. The molecular weight excluding hydrogens is 411 g/mol. The molecule has 8 heteroatoms. The zero-order valence-electron chi connectivity index (χ0n) is 16.0. The highest BCUT2D eigenvalue weighted by atomic mass is 35.5. The van der Waals surface area contributed by atoms with E-state index in [9.17, 15) is 9.90 Å². The zero-order chi connectivity index (χ0) is 18.5. The normalized spacial score (nSPS) is 19.6. The van der Waals surface area contributed by atoms with Crippen LogP contribution in [-0.2, 0) is 6.54 Å². The van der Waals surface area contributed by atoms with Crippen LogP contribution in [0.3, 0.4) is 0 Å². The molecule has 2 N–H and O–H groups in total. The molecule has 0 amide bonds. The number of hydrogen-bond acceptors (Lipinski definition) is 4. The smallest absolute Gasteiger partial charge is 0.261 e. The topological polar surface area (TPSA) is 72.1 Å². The number of piperidine rings is 1. The molecule has 2 atom stereocenters. The van der Waals surface area contributed by atoms with Crippen molar-refractivity contribution >= 4 is 24.8 Å². The molecule has 2 aromatic heterocycles. The van der Waals surface area contributed by atoms with Gasteiger partial charge in [0.2, 0.25) is 0 Å². The molecule has 29 heavy (non-hydrogen) atoms. The largest absolute Gasteiger partial charge is 0.508 e. The third-order valence-corrected chi connectivity index (χ3v) is 5.86. The third-order valence-electron chi connectivity index (χ3n) is 5.86. The van der Waals surface area contributed by atoms with Gasteiger partial charge in [-0.05, 0) is 49.6 Å². The average Bonchev–Trinajstić information content (AvgIpc) is 3.15. The number of pyridine rings is 1. The minimum absolute atomic E-state index is 0. The molecule has 0 saturated carbocycles. The number of nitrogens with zero attached hydrogens (tertiary/aromatic N) is 3. The maximum atomic E-state index is 13.3. The van der Waals surface area contributed by atoms with Crippen LogP contribution in [0.2, 0.25) is 0 Å². The average molecular weight is 435 g/mol. The van der Waals surface area contributed by atoms with Crippen LogP contribution in [-0.4, -0.2) is 32.3 Å². The summed E-state index contributed by atoms with van der Waals surface area (Å²) in [4.78, 5) is 17.7. The number of rotatable bonds is 2. The Morgan fingerprint density at radius 3 is 2.79 bits per heavy atom. The Hall–Kier alpha value is -2.28. The third kappa shape index (κ3) is 3.56. The monoisotopic (exact) mass is 434 g/mol. The molecule has 3 aromatic rings. The van der Waals surface area contributed by atoms with Gasteiger partial charge < -0.3 is 15.0 Å². The lowest BCUT2D eigenvalue weighted by Gasteiger charge is -2.37. The van der Waals surface area contributed by atoms with Gasteiger partial charge in [0.15, 0.2) is 0 Å². The van der Waals surface area contributed by atoms with E-state index in [2.05, 4.69) is 16.4 Å². The van der Waals surface area contributed by atoms with Gasteiger partial charge in [-0.25, -0.2) is 4.98 Å². The van der Waals surface area contributed by atoms with Gasteiger partial charge in [-0.1, -0.05) is 6.07 Å². The highest BCUT2D eigenvalue weighted by Crippen LogP contribution is 2.33. The lowest BCUT2D eigenvalue weighted by molar-refractivity contribution is 0.257. The van der Waals surface area contributed by atoms with Crippen LogP contribution in [0.1, 0.15) is 23.6 Å². The van der Waals surface area contributed by atoms with Crippen LogP contribution in [0.5, 0.6) is 5.75 Å². The molecule has 2 aliphatic rings. The Labute approximate surface area is 181 Å². The summed E-state index contributed by atoms with van der Waals surface area (Å²) in [6.07, 6.45) is 4.67. The minimum atomic E-state index is 0. The van der Waals surface area contributed by atoms with E-state index in [1.165, 1.54) is 0 Å². The van der Waals surface area contributed by atoms with Gasteiger partial charge in [-0.15, -0.1) is 24.8 Å². The van der Waals surface area contributed by atoms with E-state index in [0.29, 0.717) is 23.2 Å². The van der Waals surface area contributed by atoms with Crippen molar-refractivity contribution in [3.63, 3.8) is 0 Å². The van der Waals surface area contributed by atoms with Crippen molar-refractivity contribution in [2.24, 2.45) is 5.92 Å². The van der Waals surface area contributed by atoms with Gasteiger partial charge >= 0.3 is 0 Å². The summed E-state index contributed by atoms with van der Waals surface area (Å²) in [5.41, 5.74) is 3.34. The second kappa shape index (κ2) is 8.22. The Balaban J connectivity index is 0.00000120. The molecule has 5 rings (SSSR count). The first-order valence-corrected chi connectivity index (χ1v) is 9.40. The first kappa shape index (κ1) is 21.4. The van der Waals surface area contributed by atoms with Gasteiger partial charge in [0.1, 0.15) is 11.6 Å².